The molecular weight excluding hydrogens is 326 g/mol. The molecule has 7 heteroatoms. The van der Waals surface area contributed by atoms with E-state index in [1.807, 2.05) is 6.92 Å². The predicted molar refractivity (Wildman–Crippen MR) is 92.6 cm³/mol. The minimum atomic E-state index is -0.357. The Balaban J connectivity index is 1.36. The molecule has 0 spiro atoms. The second kappa shape index (κ2) is 12.6. The molecule has 0 aromatic heterocycles. The maximum atomic E-state index is 12.1. The Bertz CT molecular complexity index is 359. The van der Waals surface area contributed by atoms with Gasteiger partial charge in [0.2, 0.25) is 5.91 Å². The van der Waals surface area contributed by atoms with Crippen molar-refractivity contribution in [2.45, 2.75) is 57.3 Å². The zero-order valence-corrected chi connectivity index (χ0v) is 15.4. The zero-order valence-electron chi connectivity index (χ0n) is 15.4. The third-order valence-corrected chi connectivity index (χ3v) is 4.09. The molecule has 1 N–H and O–H groups in total. The third-order valence-electron chi connectivity index (χ3n) is 4.09. The van der Waals surface area contributed by atoms with E-state index in [2.05, 4.69) is 5.32 Å². The third kappa shape index (κ3) is 10.8. The minimum Gasteiger partial charge on any atom is -0.379 e. The van der Waals surface area contributed by atoms with E-state index < -0.39 is 0 Å². The van der Waals surface area contributed by atoms with E-state index in [4.69, 9.17) is 23.7 Å². The van der Waals surface area contributed by atoms with Gasteiger partial charge in [0.15, 0.2) is 0 Å². The first-order valence-corrected chi connectivity index (χ1v) is 9.57. The van der Waals surface area contributed by atoms with Crippen molar-refractivity contribution in [2.24, 2.45) is 0 Å². The molecule has 0 aromatic carbocycles. The van der Waals surface area contributed by atoms with Crippen LogP contribution in [-0.2, 0) is 28.5 Å². The lowest BCUT2D eigenvalue weighted by Gasteiger charge is -2.16. The first kappa shape index (κ1) is 20.6. The van der Waals surface area contributed by atoms with Gasteiger partial charge in [-0.2, -0.15) is 0 Å². The quantitative estimate of drug-likeness (QED) is 0.311. The summed E-state index contributed by atoms with van der Waals surface area (Å²) in [6.07, 6.45) is 4.67. The molecule has 0 radical (unpaired) electrons. The van der Waals surface area contributed by atoms with Crippen LogP contribution >= 0.6 is 0 Å². The van der Waals surface area contributed by atoms with Crippen LogP contribution in [0.2, 0.25) is 0 Å². The van der Waals surface area contributed by atoms with Crippen LogP contribution < -0.4 is 5.32 Å². The summed E-state index contributed by atoms with van der Waals surface area (Å²) in [7, 11) is 0. The van der Waals surface area contributed by atoms with Gasteiger partial charge in [0.25, 0.3) is 0 Å². The van der Waals surface area contributed by atoms with Gasteiger partial charge < -0.3 is 29.0 Å². The molecule has 2 aliphatic rings. The van der Waals surface area contributed by atoms with Crippen LogP contribution in [-0.4, -0.2) is 77.0 Å². The van der Waals surface area contributed by atoms with Crippen LogP contribution in [0.1, 0.15) is 39.0 Å². The van der Waals surface area contributed by atoms with E-state index in [0.29, 0.717) is 45.0 Å². The van der Waals surface area contributed by atoms with Crippen LogP contribution in [0.15, 0.2) is 0 Å². The number of carbonyl (C=O) groups is 1. The second-order valence-corrected chi connectivity index (χ2v) is 6.53. The molecule has 2 saturated heterocycles. The van der Waals surface area contributed by atoms with Gasteiger partial charge in [-0.15, -0.1) is 0 Å². The molecular formula is C18H33NO6. The largest absolute Gasteiger partial charge is 0.379 e. The summed E-state index contributed by atoms with van der Waals surface area (Å²) in [6.45, 7) is 7.72. The van der Waals surface area contributed by atoms with Gasteiger partial charge in [0.05, 0.1) is 26.4 Å². The molecule has 2 rings (SSSR count). The van der Waals surface area contributed by atoms with Gasteiger partial charge in [-0.05, 0) is 32.1 Å². The molecule has 0 aliphatic carbocycles. The average Bonchev–Trinajstić information content (AvgIpc) is 3.51. The van der Waals surface area contributed by atoms with Gasteiger partial charge >= 0.3 is 0 Å². The first-order valence-electron chi connectivity index (χ1n) is 9.57. The van der Waals surface area contributed by atoms with Crippen LogP contribution in [0.3, 0.4) is 0 Å². The van der Waals surface area contributed by atoms with Gasteiger partial charge in [0.1, 0.15) is 18.3 Å². The number of epoxide rings is 2. The van der Waals surface area contributed by atoms with Crippen LogP contribution in [0.25, 0.3) is 0 Å². The summed E-state index contributed by atoms with van der Waals surface area (Å²) in [5, 5.41) is 2.94. The van der Waals surface area contributed by atoms with Gasteiger partial charge in [-0.25, -0.2) is 0 Å². The molecule has 3 atom stereocenters. The van der Waals surface area contributed by atoms with E-state index in [-0.39, 0.29) is 12.0 Å². The molecule has 2 aliphatic heterocycles. The fraction of sp³-hybridized carbons (Fsp3) is 0.944. The number of carbonyl (C=O) groups excluding carboxylic acids is 1. The Morgan fingerprint density at radius 3 is 2.12 bits per heavy atom. The summed E-state index contributed by atoms with van der Waals surface area (Å²) < 4.78 is 26.8. The lowest BCUT2D eigenvalue weighted by Crippen LogP contribution is -2.36. The molecule has 2 fully saturated rings. The van der Waals surface area contributed by atoms with E-state index in [0.717, 1.165) is 52.1 Å². The highest BCUT2D eigenvalue weighted by atomic mass is 16.6. The van der Waals surface area contributed by atoms with Crippen molar-refractivity contribution in [3.8, 4) is 0 Å². The number of nitrogens with one attached hydrogen (secondary N) is 1. The maximum absolute atomic E-state index is 12.1. The fourth-order valence-corrected chi connectivity index (χ4v) is 2.32. The minimum absolute atomic E-state index is 0.0167. The van der Waals surface area contributed by atoms with E-state index in [9.17, 15) is 4.79 Å². The predicted octanol–water partition coefficient (Wildman–Crippen LogP) is 1.29. The molecule has 1 amide bonds. The van der Waals surface area contributed by atoms with Crippen LogP contribution in [0, 0.1) is 0 Å². The van der Waals surface area contributed by atoms with E-state index in [1.165, 1.54) is 0 Å². The number of ether oxygens (including phenoxy) is 5. The number of unbranched alkanes of at least 4 members (excludes halogenated alkanes) is 2. The van der Waals surface area contributed by atoms with Crippen LogP contribution in [0.5, 0.6) is 0 Å². The van der Waals surface area contributed by atoms with E-state index >= 15 is 0 Å². The van der Waals surface area contributed by atoms with Gasteiger partial charge in [-0.3, -0.25) is 4.79 Å². The van der Waals surface area contributed by atoms with Crippen molar-refractivity contribution in [1.29, 1.82) is 0 Å². The SMILES string of the molecule is CCC(OCCCCOCC1CO1)C(=O)NCCCCOCC1CO1. The Morgan fingerprint density at radius 2 is 1.56 bits per heavy atom. The Hall–Kier alpha value is -0.730. The lowest BCUT2D eigenvalue weighted by molar-refractivity contribution is -0.133. The highest BCUT2D eigenvalue weighted by Crippen LogP contribution is 2.09. The Kier molecular flexibility index (Phi) is 10.4. The molecule has 25 heavy (non-hydrogen) atoms. The highest BCUT2D eigenvalue weighted by Gasteiger charge is 2.22. The highest BCUT2D eigenvalue weighted by molar-refractivity contribution is 5.80. The monoisotopic (exact) mass is 359 g/mol. The number of hydrogen-bond donors (Lipinski definition) is 1. The van der Waals surface area contributed by atoms with E-state index in [1.54, 1.807) is 0 Å². The van der Waals surface area contributed by atoms with Gasteiger partial charge in [-0.1, -0.05) is 6.92 Å². The summed E-state index contributed by atoms with van der Waals surface area (Å²) in [5.74, 6) is -0.0167. The molecule has 7 nitrogen and oxygen atoms in total. The molecule has 0 aromatic rings. The number of hydrogen-bond acceptors (Lipinski definition) is 6. The summed E-state index contributed by atoms with van der Waals surface area (Å²) in [4.78, 5) is 12.1. The van der Waals surface area contributed by atoms with Crippen molar-refractivity contribution in [3.05, 3.63) is 0 Å². The van der Waals surface area contributed by atoms with Crippen molar-refractivity contribution in [1.82, 2.24) is 5.32 Å². The molecule has 146 valence electrons. The topological polar surface area (TPSA) is 81.9 Å². The van der Waals surface area contributed by atoms with Crippen molar-refractivity contribution in [3.63, 3.8) is 0 Å². The first-order chi connectivity index (χ1) is 12.3. The summed E-state index contributed by atoms with van der Waals surface area (Å²) in [6, 6.07) is 0. The molecule has 3 unspecified atom stereocenters. The Labute approximate surface area is 150 Å². The number of amides is 1. The van der Waals surface area contributed by atoms with Gasteiger partial charge in [0, 0.05) is 26.4 Å². The summed E-state index contributed by atoms with van der Waals surface area (Å²) >= 11 is 0. The van der Waals surface area contributed by atoms with Crippen molar-refractivity contribution >= 4 is 5.91 Å². The maximum Gasteiger partial charge on any atom is 0.249 e. The standard InChI is InChI=1S/C18H33NO6/c1-2-17(23-10-6-5-9-22-12-16-14-25-16)18(20)19-7-3-4-8-21-11-15-13-24-15/h15-17H,2-14H2,1H3,(H,19,20). The fourth-order valence-electron chi connectivity index (χ4n) is 2.32. The Morgan fingerprint density at radius 1 is 1.00 bits per heavy atom. The van der Waals surface area contributed by atoms with Crippen LogP contribution in [0.4, 0.5) is 0 Å². The number of rotatable bonds is 17. The molecule has 0 saturated carbocycles. The lowest BCUT2D eigenvalue weighted by atomic mass is 10.2. The second-order valence-electron chi connectivity index (χ2n) is 6.53. The zero-order chi connectivity index (χ0) is 17.7. The summed E-state index contributed by atoms with van der Waals surface area (Å²) in [5.41, 5.74) is 0. The van der Waals surface area contributed by atoms with Crippen molar-refractivity contribution in [2.75, 3.05) is 52.8 Å². The van der Waals surface area contributed by atoms with Crippen molar-refractivity contribution < 1.29 is 28.5 Å². The molecule has 0 bridgehead atoms. The molecule has 2 heterocycles. The smallest absolute Gasteiger partial charge is 0.249 e. The normalized spacial score (nSPS) is 22.6. The average molecular weight is 359 g/mol.